The minimum Gasteiger partial charge on any atom is -0.482 e. The molecule has 26 heavy (non-hydrogen) atoms. The first-order chi connectivity index (χ1) is 12.5. The fourth-order valence-corrected chi connectivity index (χ4v) is 3.10. The highest BCUT2D eigenvalue weighted by atomic mass is 16.6. The van der Waals surface area contributed by atoms with Gasteiger partial charge in [-0.25, -0.2) is 9.59 Å². The molecule has 0 unspecified atom stereocenters. The van der Waals surface area contributed by atoms with E-state index in [-0.39, 0.29) is 18.1 Å². The molecule has 1 aromatic heterocycles. The van der Waals surface area contributed by atoms with Gasteiger partial charge in [-0.05, 0) is 50.8 Å². The molecule has 1 aliphatic rings. The monoisotopic (exact) mass is 359 g/mol. The summed E-state index contributed by atoms with van der Waals surface area (Å²) in [5.41, 5.74) is 1.93. The van der Waals surface area contributed by atoms with E-state index in [1.165, 1.54) is 6.92 Å². The van der Waals surface area contributed by atoms with Crippen LogP contribution in [0.5, 0.6) is 5.75 Å². The van der Waals surface area contributed by atoms with Crippen molar-refractivity contribution in [2.75, 3.05) is 13.2 Å². The smallest absolute Gasteiger partial charge is 0.344 e. The lowest BCUT2D eigenvalue weighted by Crippen LogP contribution is -2.36. The maximum Gasteiger partial charge on any atom is 0.344 e. The van der Waals surface area contributed by atoms with Crippen molar-refractivity contribution < 1.29 is 23.5 Å². The van der Waals surface area contributed by atoms with E-state index in [0.717, 1.165) is 35.8 Å². The number of nitrogens with one attached hydrogen (secondary N) is 1. The molecule has 7 heteroatoms. The van der Waals surface area contributed by atoms with Crippen molar-refractivity contribution in [1.29, 1.82) is 0 Å². The summed E-state index contributed by atoms with van der Waals surface area (Å²) in [5, 5.41) is 3.47. The van der Waals surface area contributed by atoms with Gasteiger partial charge in [-0.15, -0.1) is 0 Å². The standard InChI is InChI=1S/C19H21NO6/c1-3-20-18(22)11(2)25-17(21)10-24-12-7-8-14-13-5-4-6-15(13)19(23)26-16(14)9-12/h7-9,11H,3-6,10H2,1-2H3,(H,20,22)/t11-/m1/s1. The van der Waals surface area contributed by atoms with Crippen molar-refractivity contribution in [3.63, 3.8) is 0 Å². The Morgan fingerprint density at radius 3 is 2.81 bits per heavy atom. The van der Waals surface area contributed by atoms with Gasteiger partial charge in [0.15, 0.2) is 12.7 Å². The molecule has 2 aromatic rings. The molecule has 1 aliphatic carbocycles. The highest BCUT2D eigenvalue weighted by Gasteiger charge is 2.20. The van der Waals surface area contributed by atoms with Gasteiger partial charge >= 0.3 is 11.6 Å². The van der Waals surface area contributed by atoms with Gasteiger partial charge in [0.2, 0.25) is 0 Å². The molecule has 0 saturated heterocycles. The fraction of sp³-hybridized carbons (Fsp3) is 0.421. The number of carbonyl (C=O) groups excluding carboxylic acids is 2. The van der Waals surface area contributed by atoms with Crippen LogP contribution < -0.4 is 15.7 Å². The van der Waals surface area contributed by atoms with Gasteiger partial charge in [0.25, 0.3) is 5.91 Å². The first-order valence-corrected chi connectivity index (χ1v) is 8.68. The summed E-state index contributed by atoms with van der Waals surface area (Å²) >= 11 is 0. The third-order valence-electron chi connectivity index (χ3n) is 4.33. The molecule has 0 saturated carbocycles. The lowest BCUT2D eigenvalue weighted by atomic mass is 10.1. The van der Waals surface area contributed by atoms with Gasteiger partial charge < -0.3 is 19.2 Å². The maximum absolute atomic E-state index is 12.0. The van der Waals surface area contributed by atoms with Crippen molar-refractivity contribution >= 4 is 22.8 Å². The van der Waals surface area contributed by atoms with Crippen LogP contribution in [0.4, 0.5) is 0 Å². The predicted octanol–water partition coefficient (Wildman–Crippen LogP) is 1.73. The van der Waals surface area contributed by atoms with Crippen molar-refractivity contribution in [3.8, 4) is 5.75 Å². The molecule has 1 amide bonds. The predicted molar refractivity (Wildman–Crippen MR) is 94.2 cm³/mol. The van der Waals surface area contributed by atoms with Gasteiger partial charge in [-0.2, -0.15) is 0 Å². The lowest BCUT2D eigenvalue weighted by molar-refractivity contribution is -0.156. The van der Waals surface area contributed by atoms with E-state index in [1.807, 2.05) is 6.07 Å². The zero-order chi connectivity index (χ0) is 18.7. The van der Waals surface area contributed by atoms with Gasteiger partial charge in [-0.1, -0.05) is 0 Å². The largest absolute Gasteiger partial charge is 0.482 e. The van der Waals surface area contributed by atoms with Crippen LogP contribution >= 0.6 is 0 Å². The molecule has 0 aliphatic heterocycles. The van der Waals surface area contributed by atoms with Gasteiger partial charge in [-0.3, -0.25) is 4.79 Å². The highest BCUT2D eigenvalue weighted by Crippen LogP contribution is 2.29. The molecule has 1 atom stereocenters. The lowest BCUT2D eigenvalue weighted by Gasteiger charge is -2.13. The van der Waals surface area contributed by atoms with Crippen molar-refractivity contribution in [2.45, 2.75) is 39.2 Å². The zero-order valence-corrected chi connectivity index (χ0v) is 14.8. The van der Waals surface area contributed by atoms with E-state index in [1.54, 1.807) is 19.1 Å². The van der Waals surface area contributed by atoms with Crippen LogP contribution in [0.3, 0.4) is 0 Å². The van der Waals surface area contributed by atoms with Crippen LogP contribution in [-0.4, -0.2) is 31.1 Å². The number of benzene rings is 1. The van der Waals surface area contributed by atoms with Gasteiger partial charge in [0.1, 0.15) is 11.3 Å². The van der Waals surface area contributed by atoms with E-state index in [9.17, 15) is 14.4 Å². The van der Waals surface area contributed by atoms with Crippen LogP contribution in [0.25, 0.3) is 11.0 Å². The Bertz CT molecular complexity index is 901. The third kappa shape index (κ3) is 3.71. The van der Waals surface area contributed by atoms with Gasteiger partial charge in [0.05, 0.1) is 0 Å². The number of aryl methyl sites for hydroxylation is 1. The zero-order valence-electron chi connectivity index (χ0n) is 14.8. The number of likely N-dealkylation sites (N-methyl/N-ethyl adjacent to an activating group) is 1. The third-order valence-corrected chi connectivity index (χ3v) is 4.33. The summed E-state index contributed by atoms with van der Waals surface area (Å²) in [6.07, 6.45) is 1.68. The first kappa shape index (κ1) is 18.0. The summed E-state index contributed by atoms with van der Waals surface area (Å²) in [4.78, 5) is 35.4. The Labute approximate surface area is 150 Å². The number of carbonyl (C=O) groups is 2. The number of hydrogen-bond acceptors (Lipinski definition) is 6. The van der Waals surface area contributed by atoms with E-state index in [4.69, 9.17) is 13.9 Å². The first-order valence-electron chi connectivity index (χ1n) is 8.68. The number of rotatable bonds is 6. The topological polar surface area (TPSA) is 94.8 Å². The van der Waals surface area contributed by atoms with E-state index < -0.39 is 12.1 Å². The second-order valence-corrected chi connectivity index (χ2v) is 6.17. The van der Waals surface area contributed by atoms with Crippen molar-refractivity contribution in [3.05, 3.63) is 39.7 Å². The Morgan fingerprint density at radius 1 is 1.27 bits per heavy atom. The molecular weight excluding hydrogens is 338 g/mol. The number of hydrogen-bond donors (Lipinski definition) is 1. The molecule has 7 nitrogen and oxygen atoms in total. The average molecular weight is 359 g/mol. The SMILES string of the molecule is CCNC(=O)[C@@H](C)OC(=O)COc1ccc2c3c(c(=O)oc2c1)CCC3. The molecule has 1 heterocycles. The highest BCUT2D eigenvalue weighted by molar-refractivity contribution is 5.84. The molecule has 3 rings (SSSR count). The van der Waals surface area contributed by atoms with Crippen LogP contribution in [0, 0.1) is 0 Å². The average Bonchev–Trinajstić information content (AvgIpc) is 3.10. The second-order valence-electron chi connectivity index (χ2n) is 6.17. The summed E-state index contributed by atoms with van der Waals surface area (Å²) in [6.45, 7) is 3.39. The summed E-state index contributed by atoms with van der Waals surface area (Å²) in [5.74, 6) is -0.623. The van der Waals surface area contributed by atoms with Crippen molar-refractivity contribution in [1.82, 2.24) is 5.32 Å². The molecule has 1 N–H and O–H groups in total. The number of fused-ring (bicyclic) bond motifs is 3. The summed E-state index contributed by atoms with van der Waals surface area (Å²) in [6, 6.07) is 5.15. The quantitative estimate of drug-likeness (QED) is 0.623. The van der Waals surface area contributed by atoms with Crippen LogP contribution in [0.2, 0.25) is 0 Å². The van der Waals surface area contributed by atoms with E-state index in [0.29, 0.717) is 17.9 Å². The van der Waals surface area contributed by atoms with Crippen LogP contribution in [0.15, 0.2) is 27.4 Å². The fourth-order valence-electron chi connectivity index (χ4n) is 3.10. The molecule has 0 fully saturated rings. The number of amides is 1. The number of ether oxygens (including phenoxy) is 2. The van der Waals surface area contributed by atoms with Gasteiger partial charge in [0, 0.05) is 23.6 Å². The Morgan fingerprint density at radius 2 is 2.04 bits per heavy atom. The molecule has 1 aromatic carbocycles. The molecule has 0 spiro atoms. The summed E-state index contributed by atoms with van der Waals surface area (Å²) < 4.78 is 15.8. The van der Waals surface area contributed by atoms with Crippen LogP contribution in [-0.2, 0) is 27.2 Å². The molecule has 0 radical (unpaired) electrons. The Hall–Kier alpha value is -2.83. The molecule has 138 valence electrons. The van der Waals surface area contributed by atoms with E-state index >= 15 is 0 Å². The maximum atomic E-state index is 12.0. The molecular formula is C19H21NO6. The van der Waals surface area contributed by atoms with E-state index in [2.05, 4.69) is 5.32 Å². The number of esters is 1. The Balaban J connectivity index is 1.66. The summed E-state index contributed by atoms with van der Waals surface area (Å²) in [7, 11) is 0. The Kier molecular flexibility index (Phi) is 5.25. The molecule has 0 bridgehead atoms. The normalized spacial score (nSPS) is 13.9. The minimum atomic E-state index is -0.886. The minimum absolute atomic E-state index is 0.308. The second kappa shape index (κ2) is 7.59. The van der Waals surface area contributed by atoms with Crippen LogP contribution in [0.1, 0.15) is 31.4 Å². The van der Waals surface area contributed by atoms with Crippen molar-refractivity contribution in [2.24, 2.45) is 0 Å².